The molecule has 0 N–H and O–H groups in total. The Balaban J connectivity index is 1.67. The highest BCUT2D eigenvalue weighted by Crippen LogP contribution is 2.32. The van der Waals surface area contributed by atoms with Gasteiger partial charge in [0.15, 0.2) is 5.13 Å². The van der Waals surface area contributed by atoms with Crippen molar-refractivity contribution >= 4 is 32.6 Å². The molecule has 0 atom stereocenters. The molecule has 6 nitrogen and oxygen atoms in total. The fourth-order valence-corrected chi connectivity index (χ4v) is 4.57. The number of carbonyl (C=O) groups excluding carboxylic acids is 1. The first-order chi connectivity index (χ1) is 14.5. The number of aromatic nitrogens is 1. The monoisotopic (exact) mass is 425 g/mol. The van der Waals surface area contributed by atoms with Gasteiger partial charge < -0.3 is 9.47 Å². The molecule has 30 heavy (non-hydrogen) atoms. The van der Waals surface area contributed by atoms with Crippen LogP contribution >= 0.6 is 11.3 Å². The van der Waals surface area contributed by atoms with E-state index in [4.69, 9.17) is 14.5 Å². The van der Waals surface area contributed by atoms with Crippen molar-refractivity contribution in [1.82, 2.24) is 9.88 Å². The second kappa shape index (κ2) is 9.12. The quantitative estimate of drug-likeness (QED) is 0.600. The Labute approximate surface area is 181 Å². The number of carbonyl (C=O) groups is 1. The molecule has 4 rings (SSSR count). The average molecular weight is 426 g/mol. The molecule has 1 aliphatic rings. The van der Waals surface area contributed by atoms with E-state index < -0.39 is 0 Å². The molecule has 0 radical (unpaired) electrons. The summed E-state index contributed by atoms with van der Waals surface area (Å²) >= 11 is 1.54. The van der Waals surface area contributed by atoms with Gasteiger partial charge in [0.25, 0.3) is 5.91 Å². The van der Waals surface area contributed by atoms with Gasteiger partial charge in [0, 0.05) is 37.8 Å². The highest BCUT2D eigenvalue weighted by molar-refractivity contribution is 7.22. The largest absolute Gasteiger partial charge is 0.497 e. The number of morpholine rings is 1. The van der Waals surface area contributed by atoms with Crippen molar-refractivity contribution in [3.8, 4) is 5.75 Å². The standard InChI is InChI=1S/C23H27N3O3S/c1-16-4-5-17(2)19(14-16)22(27)26(9-8-25-10-12-29-13-11-25)23-24-20-15-18(28-3)6-7-21(20)30-23/h4-7,14-15H,8-13H2,1-3H3. The molecular formula is C23H27N3O3S. The third-order valence-corrected chi connectivity index (χ3v) is 6.49. The van der Waals surface area contributed by atoms with Crippen LogP contribution in [-0.4, -0.2) is 62.3 Å². The molecule has 2 aromatic carbocycles. The summed E-state index contributed by atoms with van der Waals surface area (Å²) in [5.41, 5.74) is 3.63. The number of rotatable bonds is 6. The van der Waals surface area contributed by atoms with Gasteiger partial charge in [-0.1, -0.05) is 29.0 Å². The molecule has 0 saturated carbocycles. The second-order valence-corrected chi connectivity index (χ2v) is 8.57. The number of methoxy groups -OCH3 is 1. The molecule has 3 aromatic rings. The maximum absolute atomic E-state index is 13.6. The van der Waals surface area contributed by atoms with Gasteiger partial charge in [-0.05, 0) is 37.6 Å². The number of nitrogens with zero attached hydrogens (tertiary/aromatic N) is 3. The van der Waals surface area contributed by atoms with Gasteiger partial charge in [0.1, 0.15) is 5.75 Å². The summed E-state index contributed by atoms with van der Waals surface area (Å²) in [6.45, 7) is 8.64. The lowest BCUT2D eigenvalue weighted by Gasteiger charge is -2.29. The molecule has 0 aliphatic carbocycles. The predicted octanol–water partition coefficient (Wildman–Crippen LogP) is 3.90. The highest BCUT2D eigenvalue weighted by Gasteiger charge is 2.24. The van der Waals surface area contributed by atoms with Gasteiger partial charge in [-0.2, -0.15) is 0 Å². The third-order valence-electron chi connectivity index (χ3n) is 5.43. The van der Waals surface area contributed by atoms with E-state index in [0.29, 0.717) is 6.54 Å². The molecule has 1 aromatic heterocycles. The number of anilines is 1. The van der Waals surface area contributed by atoms with Crippen molar-refractivity contribution in [2.45, 2.75) is 13.8 Å². The Morgan fingerprint density at radius 3 is 2.77 bits per heavy atom. The fraction of sp³-hybridized carbons (Fsp3) is 0.391. The Kier molecular flexibility index (Phi) is 6.32. The van der Waals surface area contributed by atoms with Crippen molar-refractivity contribution in [3.05, 3.63) is 53.1 Å². The van der Waals surface area contributed by atoms with Crippen molar-refractivity contribution < 1.29 is 14.3 Å². The zero-order valence-electron chi connectivity index (χ0n) is 17.7. The van der Waals surface area contributed by atoms with Crippen molar-refractivity contribution in [1.29, 1.82) is 0 Å². The molecule has 7 heteroatoms. The predicted molar refractivity (Wildman–Crippen MR) is 121 cm³/mol. The van der Waals surface area contributed by atoms with Gasteiger partial charge in [-0.3, -0.25) is 14.6 Å². The molecule has 1 amide bonds. The van der Waals surface area contributed by atoms with E-state index in [1.807, 2.05) is 55.1 Å². The number of amides is 1. The van der Waals surface area contributed by atoms with Crippen LogP contribution in [0.5, 0.6) is 5.75 Å². The summed E-state index contributed by atoms with van der Waals surface area (Å²) in [5.74, 6) is 0.760. The number of hydrogen-bond acceptors (Lipinski definition) is 6. The maximum atomic E-state index is 13.6. The fourth-order valence-electron chi connectivity index (χ4n) is 3.60. The van der Waals surface area contributed by atoms with Gasteiger partial charge >= 0.3 is 0 Å². The first kappa shape index (κ1) is 20.8. The molecule has 1 aliphatic heterocycles. The molecule has 1 fully saturated rings. The van der Waals surface area contributed by atoms with Crippen LogP contribution in [0.3, 0.4) is 0 Å². The smallest absolute Gasteiger partial charge is 0.260 e. The lowest BCUT2D eigenvalue weighted by atomic mass is 10.0. The Hall–Kier alpha value is -2.48. The molecule has 2 heterocycles. The minimum atomic E-state index is -0.00418. The zero-order valence-corrected chi connectivity index (χ0v) is 18.5. The van der Waals surface area contributed by atoms with E-state index in [1.165, 1.54) is 11.3 Å². The summed E-state index contributed by atoms with van der Waals surface area (Å²) in [5, 5.41) is 0.720. The number of aryl methyl sites for hydroxylation is 2. The maximum Gasteiger partial charge on any atom is 0.260 e. The van der Waals surface area contributed by atoms with E-state index >= 15 is 0 Å². The SMILES string of the molecule is COc1ccc2sc(N(CCN3CCOCC3)C(=O)c3cc(C)ccc3C)nc2c1. The number of ether oxygens (including phenoxy) is 2. The minimum absolute atomic E-state index is 0.00418. The summed E-state index contributed by atoms with van der Waals surface area (Å²) in [7, 11) is 1.65. The Morgan fingerprint density at radius 1 is 1.20 bits per heavy atom. The summed E-state index contributed by atoms with van der Waals surface area (Å²) in [6.07, 6.45) is 0. The average Bonchev–Trinajstić information content (AvgIpc) is 3.19. The lowest BCUT2D eigenvalue weighted by molar-refractivity contribution is 0.0391. The van der Waals surface area contributed by atoms with Gasteiger partial charge in [0.05, 0.1) is 30.5 Å². The molecule has 1 saturated heterocycles. The minimum Gasteiger partial charge on any atom is -0.497 e. The van der Waals surface area contributed by atoms with Crippen LogP contribution in [0.15, 0.2) is 36.4 Å². The van der Waals surface area contributed by atoms with Crippen molar-refractivity contribution in [2.75, 3.05) is 51.4 Å². The molecular weight excluding hydrogens is 398 g/mol. The Bertz CT molecular complexity index is 1040. The number of hydrogen-bond donors (Lipinski definition) is 0. The summed E-state index contributed by atoms with van der Waals surface area (Å²) < 4.78 is 11.8. The normalized spacial score (nSPS) is 14.8. The second-order valence-electron chi connectivity index (χ2n) is 7.56. The number of fused-ring (bicyclic) bond motifs is 1. The van der Waals surface area contributed by atoms with Crippen LogP contribution in [0.2, 0.25) is 0 Å². The Morgan fingerprint density at radius 2 is 2.00 bits per heavy atom. The van der Waals surface area contributed by atoms with Crippen LogP contribution in [0.25, 0.3) is 10.2 Å². The highest BCUT2D eigenvalue weighted by atomic mass is 32.1. The molecule has 158 valence electrons. The van der Waals surface area contributed by atoms with Gasteiger partial charge in [-0.15, -0.1) is 0 Å². The lowest BCUT2D eigenvalue weighted by Crippen LogP contribution is -2.43. The zero-order chi connectivity index (χ0) is 21.1. The first-order valence-corrected chi connectivity index (χ1v) is 11.0. The number of benzene rings is 2. The van der Waals surface area contributed by atoms with Crippen LogP contribution in [0.1, 0.15) is 21.5 Å². The topological polar surface area (TPSA) is 54.9 Å². The van der Waals surface area contributed by atoms with Crippen LogP contribution in [-0.2, 0) is 4.74 Å². The molecule has 0 spiro atoms. The number of thiazole rings is 1. The van der Waals surface area contributed by atoms with E-state index in [0.717, 1.165) is 70.6 Å². The van der Waals surface area contributed by atoms with Crippen molar-refractivity contribution in [3.63, 3.8) is 0 Å². The summed E-state index contributed by atoms with van der Waals surface area (Å²) in [6, 6.07) is 11.8. The van der Waals surface area contributed by atoms with E-state index in [9.17, 15) is 4.79 Å². The molecule has 0 unspecified atom stereocenters. The van der Waals surface area contributed by atoms with Crippen molar-refractivity contribution in [2.24, 2.45) is 0 Å². The van der Waals surface area contributed by atoms with E-state index in [2.05, 4.69) is 4.90 Å². The summed E-state index contributed by atoms with van der Waals surface area (Å²) in [4.78, 5) is 22.6. The van der Waals surface area contributed by atoms with Crippen LogP contribution in [0, 0.1) is 13.8 Å². The van der Waals surface area contributed by atoms with Crippen LogP contribution < -0.4 is 9.64 Å². The third kappa shape index (κ3) is 4.48. The van der Waals surface area contributed by atoms with Crippen LogP contribution in [0.4, 0.5) is 5.13 Å². The van der Waals surface area contributed by atoms with E-state index in [1.54, 1.807) is 7.11 Å². The van der Waals surface area contributed by atoms with Gasteiger partial charge in [0.2, 0.25) is 0 Å². The van der Waals surface area contributed by atoms with E-state index in [-0.39, 0.29) is 5.91 Å². The molecule has 0 bridgehead atoms. The first-order valence-electron chi connectivity index (χ1n) is 10.2. The van der Waals surface area contributed by atoms with Gasteiger partial charge in [-0.25, -0.2) is 4.98 Å².